The summed E-state index contributed by atoms with van der Waals surface area (Å²) in [5.41, 5.74) is -0.0671. The number of rotatable bonds is 5. The fourth-order valence-corrected chi connectivity index (χ4v) is 1.57. The van der Waals surface area contributed by atoms with Gasteiger partial charge < -0.3 is 5.32 Å². The van der Waals surface area contributed by atoms with Crippen molar-refractivity contribution in [1.82, 2.24) is 0 Å². The molecule has 0 heterocycles. The minimum atomic E-state index is -0.670. The normalized spacial score (nSPS) is 12.2. The number of halogens is 2. The first-order valence-electron chi connectivity index (χ1n) is 4.85. The molecule has 0 aromatic heterocycles. The molecule has 1 N–H and O–H groups in total. The number of nitro groups is 1. The number of hydrogen-bond donors (Lipinski definition) is 1. The van der Waals surface area contributed by atoms with Crippen LogP contribution in [0.2, 0.25) is 5.02 Å². The van der Waals surface area contributed by atoms with Crippen molar-refractivity contribution in [2.24, 2.45) is 0 Å². The zero-order valence-corrected chi connectivity index (χ0v) is 10.9. The zero-order chi connectivity index (χ0) is 13.0. The number of nitrogens with zero attached hydrogens (tertiary/aromatic N) is 1. The highest BCUT2D eigenvalue weighted by atomic mass is 35.5. The van der Waals surface area contributed by atoms with Crippen molar-refractivity contribution in [2.45, 2.75) is 12.2 Å². The monoisotopic (exact) mass is 278 g/mol. The van der Waals surface area contributed by atoms with Gasteiger partial charge in [-0.1, -0.05) is 18.5 Å². The van der Waals surface area contributed by atoms with Crippen molar-refractivity contribution in [3.8, 4) is 0 Å². The van der Waals surface area contributed by atoms with Crippen LogP contribution in [0.5, 0.6) is 0 Å². The predicted molar refractivity (Wildman–Crippen MR) is 69.5 cm³/mol. The van der Waals surface area contributed by atoms with Gasteiger partial charge in [0.05, 0.1) is 9.95 Å². The maximum absolute atomic E-state index is 13.2. The smallest absolute Gasteiger partial charge is 0.294 e. The third kappa shape index (κ3) is 3.74. The van der Waals surface area contributed by atoms with E-state index in [-0.39, 0.29) is 21.6 Å². The lowest BCUT2D eigenvalue weighted by molar-refractivity contribution is -0.384. The summed E-state index contributed by atoms with van der Waals surface area (Å²) in [6.07, 6.45) is 1.93. The fourth-order valence-electron chi connectivity index (χ4n) is 1.17. The molecule has 0 saturated carbocycles. The van der Waals surface area contributed by atoms with Crippen LogP contribution in [0.3, 0.4) is 0 Å². The van der Waals surface area contributed by atoms with Gasteiger partial charge in [0, 0.05) is 23.9 Å². The number of nitro benzene ring substituents is 1. The molecule has 7 heteroatoms. The van der Waals surface area contributed by atoms with Crippen molar-refractivity contribution < 1.29 is 9.31 Å². The molecule has 0 aliphatic carbocycles. The van der Waals surface area contributed by atoms with Gasteiger partial charge in [-0.15, -0.1) is 0 Å². The molecule has 94 valence electrons. The van der Waals surface area contributed by atoms with Crippen LogP contribution >= 0.6 is 23.4 Å². The molecule has 1 aromatic rings. The van der Waals surface area contributed by atoms with Crippen LogP contribution in [0.4, 0.5) is 15.8 Å². The van der Waals surface area contributed by atoms with Crippen LogP contribution in [-0.2, 0) is 0 Å². The number of hydrogen-bond acceptors (Lipinski definition) is 4. The third-order valence-electron chi connectivity index (χ3n) is 2.22. The summed E-state index contributed by atoms with van der Waals surface area (Å²) in [4.78, 5) is 10.2. The van der Waals surface area contributed by atoms with Gasteiger partial charge in [-0.3, -0.25) is 10.1 Å². The van der Waals surface area contributed by atoms with E-state index < -0.39 is 10.7 Å². The van der Waals surface area contributed by atoms with Crippen molar-refractivity contribution >= 4 is 34.7 Å². The Bertz CT molecular complexity index is 431. The molecule has 1 rings (SSSR count). The molecule has 1 aromatic carbocycles. The molecule has 0 saturated heterocycles. The summed E-state index contributed by atoms with van der Waals surface area (Å²) >= 11 is 7.12. The summed E-state index contributed by atoms with van der Waals surface area (Å²) in [5.74, 6) is -0.670. The Hall–Kier alpha value is -1.01. The Balaban J connectivity index is 2.96. The SMILES string of the molecule is CSC(C)CNc1cc(F)c(Cl)cc1[N+](=O)[O-]. The highest BCUT2D eigenvalue weighted by Crippen LogP contribution is 2.30. The lowest BCUT2D eigenvalue weighted by atomic mass is 10.2. The average molecular weight is 279 g/mol. The van der Waals surface area contributed by atoms with Gasteiger partial charge in [0.2, 0.25) is 0 Å². The number of nitrogens with one attached hydrogen (secondary N) is 1. The predicted octanol–water partition coefficient (Wildman–Crippen LogP) is 3.55. The Morgan fingerprint density at radius 3 is 2.82 bits per heavy atom. The molecule has 4 nitrogen and oxygen atoms in total. The van der Waals surface area contributed by atoms with Gasteiger partial charge in [-0.25, -0.2) is 4.39 Å². The lowest BCUT2D eigenvalue weighted by Crippen LogP contribution is -2.13. The maximum atomic E-state index is 13.2. The van der Waals surface area contributed by atoms with E-state index in [4.69, 9.17) is 11.6 Å². The van der Waals surface area contributed by atoms with E-state index in [0.717, 1.165) is 12.1 Å². The second-order valence-electron chi connectivity index (χ2n) is 3.47. The molecule has 0 radical (unpaired) electrons. The number of thioether (sulfide) groups is 1. The van der Waals surface area contributed by atoms with E-state index in [1.54, 1.807) is 11.8 Å². The van der Waals surface area contributed by atoms with Gasteiger partial charge in [0.15, 0.2) is 0 Å². The quantitative estimate of drug-likeness (QED) is 0.661. The van der Waals surface area contributed by atoms with E-state index in [2.05, 4.69) is 5.32 Å². The first-order chi connectivity index (χ1) is 7.95. The first kappa shape index (κ1) is 14.1. The van der Waals surface area contributed by atoms with Crippen molar-refractivity contribution in [3.63, 3.8) is 0 Å². The van der Waals surface area contributed by atoms with E-state index in [9.17, 15) is 14.5 Å². The zero-order valence-electron chi connectivity index (χ0n) is 9.37. The molecule has 1 atom stereocenters. The summed E-state index contributed by atoms with van der Waals surface area (Å²) in [6.45, 7) is 2.48. The molecule has 17 heavy (non-hydrogen) atoms. The Morgan fingerprint density at radius 2 is 2.29 bits per heavy atom. The summed E-state index contributed by atoms with van der Waals surface area (Å²) < 4.78 is 13.2. The number of anilines is 1. The number of benzene rings is 1. The molecule has 0 fully saturated rings. The highest BCUT2D eigenvalue weighted by molar-refractivity contribution is 7.99. The molecular formula is C10H12ClFN2O2S. The molecule has 0 bridgehead atoms. The van der Waals surface area contributed by atoms with Crippen LogP contribution in [0.1, 0.15) is 6.92 Å². The van der Waals surface area contributed by atoms with Crippen LogP contribution in [0.15, 0.2) is 12.1 Å². The van der Waals surface area contributed by atoms with Crippen LogP contribution in [0, 0.1) is 15.9 Å². The summed E-state index contributed by atoms with van der Waals surface area (Å²) in [5, 5.41) is 13.7. The molecule has 1 unspecified atom stereocenters. The van der Waals surface area contributed by atoms with E-state index >= 15 is 0 Å². The van der Waals surface area contributed by atoms with Crippen molar-refractivity contribution in [3.05, 3.63) is 33.1 Å². The third-order valence-corrected chi connectivity index (χ3v) is 3.48. The Labute approximate surface area is 108 Å². The molecule has 0 aliphatic rings. The lowest BCUT2D eigenvalue weighted by Gasteiger charge is -2.11. The minimum Gasteiger partial charge on any atom is -0.378 e. The summed E-state index contributed by atoms with van der Waals surface area (Å²) in [6, 6.07) is 2.07. The molecule has 0 amide bonds. The average Bonchev–Trinajstić information content (AvgIpc) is 2.29. The molecule has 0 spiro atoms. The van der Waals surface area contributed by atoms with Crippen molar-refractivity contribution in [2.75, 3.05) is 18.1 Å². The van der Waals surface area contributed by atoms with Gasteiger partial charge in [0.25, 0.3) is 5.69 Å². The molecule has 0 aliphatic heterocycles. The van der Waals surface area contributed by atoms with Crippen molar-refractivity contribution in [1.29, 1.82) is 0 Å². The largest absolute Gasteiger partial charge is 0.378 e. The van der Waals surface area contributed by atoms with E-state index in [0.29, 0.717) is 6.54 Å². The van der Waals surface area contributed by atoms with Crippen LogP contribution in [-0.4, -0.2) is 23.0 Å². The summed E-state index contributed by atoms with van der Waals surface area (Å²) in [7, 11) is 0. The fraction of sp³-hybridized carbons (Fsp3) is 0.400. The Morgan fingerprint density at radius 1 is 1.65 bits per heavy atom. The van der Waals surface area contributed by atoms with Gasteiger partial charge in [0.1, 0.15) is 11.5 Å². The van der Waals surface area contributed by atoms with Gasteiger partial charge in [-0.2, -0.15) is 11.8 Å². The second kappa shape index (κ2) is 6.07. The second-order valence-corrected chi connectivity index (χ2v) is 5.15. The topological polar surface area (TPSA) is 55.2 Å². The van der Waals surface area contributed by atoms with E-state index in [1.807, 2.05) is 13.2 Å². The van der Waals surface area contributed by atoms with Crippen LogP contribution in [0.25, 0.3) is 0 Å². The Kier molecular flexibility index (Phi) is 5.02. The van der Waals surface area contributed by atoms with E-state index in [1.165, 1.54) is 0 Å². The minimum absolute atomic E-state index is 0.151. The van der Waals surface area contributed by atoms with Gasteiger partial charge in [-0.05, 0) is 6.26 Å². The first-order valence-corrected chi connectivity index (χ1v) is 6.52. The highest BCUT2D eigenvalue weighted by Gasteiger charge is 2.17. The van der Waals surface area contributed by atoms with Crippen LogP contribution < -0.4 is 5.32 Å². The standard InChI is InChI=1S/C10H12ClFN2O2S/c1-6(17-2)5-13-9-4-8(12)7(11)3-10(9)14(15)16/h3-4,6,13H,5H2,1-2H3. The maximum Gasteiger partial charge on any atom is 0.294 e. The van der Waals surface area contributed by atoms with Gasteiger partial charge >= 0.3 is 0 Å². The molecular weight excluding hydrogens is 267 g/mol.